The molecule has 0 saturated carbocycles. The molecule has 2 unspecified atom stereocenters. The van der Waals surface area contributed by atoms with Gasteiger partial charge in [-0.15, -0.1) is 0 Å². The van der Waals surface area contributed by atoms with Crippen LogP contribution in [-0.4, -0.2) is 24.1 Å². The molecule has 0 aromatic carbocycles. The Bertz CT molecular complexity index is 85.6. The van der Waals surface area contributed by atoms with Gasteiger partial charge in [0.05, 0.1) is 0 Å². The van der Waals surface area contributed by atoms with Crippen molar-refractivity contribution in [1.29, 1.82) is 0 Å². The van der Waals surface area contributed by atoms with Gasteiger partial charge >= 0.3 is 0 Å². The first-order valence-corrected chi connectivity index (χ1v) is 5.81. The van der Waals surface area contributed by atoms with Crippen LogP contribution < -0.4 is 5.32 Å². The second kappa shape index (κ2) is 6.99. The summed E-state index contributed by atoms with van der Waals surface area (Å²) in [6.45, 7) is 7.91. The summed E-state index contributed by atoms with van der Waals surface area (Å²) in [7, 11) is 0. The van der Waals surface area contributed by atoms with Gasteiger partial charge in [-0.05, 0) is 25.6 Å². The van der Waals surface area contributed by atoms with Crippen molar-refractivity contribution >= 4 is 11.8 Å². The van der Waals surface area contributed by atoms with Crippen LogP contribution in [0.15, 0.2) is 0 Å². The smallest absolute Gasteiger partial charge is 0.0181 e. The van der Waals surface area contributed by atoms with E-state index < -0.39 is 0 Å². The average molecular weight is 175 g/mol. The first-order chi connectivity index (χ1) is 5.26. The zero-order chi connectivity index (χ0) is 8.69. The highest BCUT2D eigenvalue weighted by Crippen LogP contribution is 2.12. The molecule has 0 spiro atoms. The van der Waals surface area contributed by atoms with Crippen molar-refractivity contribution in [2.75, 3.05) is 12.8 Å². The zero-order valence-electron chi connectivity index (χ0n) is 8.18. The molecule has 0 fully saturated rings. The lowest BCUT2D eigenvalue weighted by Gasteiger charge is -2.21. The van der Waals surface area contributed by atoms with Crippen molar-refractivity contribution in [3.63, 3.8) is 0 Å². The zero-order valence-corrected chi connectivity index (χ0v) is 9.00. The van der Waals surface area contributed by atoms with Crippen molar-refractivity contribution < 1.29 is 0 Å². The predicted octanol–water partition coefficient (Wildman–Crippen LogP) is 2.52. The fourth-order valence-electron chi connectivity index (χ4n) is 1.14. The van der Waals surface area contributed by atoms with Gasteiger partial charge in [-0.1, -0.05) is 20.8 Å². The van der Waals surface area contributed by atoms with Crippen molar-refractivity contribution in [1.82, 2.24) is 5.32 Å². The Morgan fingerprint density at radius 1 is 1.36 bits per heavy atom. The Labute approximate surface area is 75.3 Å². The van der Waals surface area contributed by atoms with E-state index in [1.807, 2.05) is 11.8 Å². The molecule has 68 valence electrons. The molecular weight excluding hydrogens is 154 g/mol. The van der Waals surface area contributed by atoms with Gasteiger partial charge < -0.3 is 5.32 Å². The molecule has 0 radical (unpaired) electrons. The number of hydrogen-bond acceptors (Lipinski definition) is 2. The van der Waals surface area contributed by atoms with Crippen molar-refractivity contribution in [2.45, 2.75) is 44.9 Å². The Hall–Kier alpha value is 0.310. The third-order valence-corrected chi connectivity index (χ3v) is 3.11. The monoisotopic (exact) mass is 175 g/mol. The summed E-state index contributed by atoms with van der Waals surface area (Å²) in [5, 5.41) is 4.29. The van der Waals surface area contributed by atoms with E-state index in [-0.39, 0.29) is 0 Å². The lowest BCUT2D eigenvalue weighted by Crippen LogP contribution is -2.36. The predicted molar refractivity (Wildman–Crippen MR) is 55.3 cm³/mol. The molecule has 0 amide bonds. The maximum Gasteiger partial charge on any atom is 0.0181 e. The van der Waals surface area contributed by atoms with E-state index in [4.69, 9.17) is 0 Å². The standard InChI is InChI=1S/C9H21NS/c1-5-7-10-9(6-2)8(3)11-4/h8-10H,5-7H2,1-4H3. The lowest BCUT2D eigenvalue weighted by molar-refractivity contribution is 0.494. The first-order valence-electron chi connectivity index (χ1n) is 4.52. The number of thioether (sulfide) groups is 1. The van der Waals surface area contributed by atoms with Crippen LogP contribution in [0.1, 0.15) is 33.6 Å². The van der Waals surface area contributed by atoms with Crippen LogP contribution in [0.25, 0.3) is 0 Å². The highest BCUT2D eigenvalue weighted by molar-refractivity contribution is 7.99. The molecule has 1 nitrogen and oxygen atoms in total. The minimum Gasteiger partial charge on any atom is -0.313 e. The normalized spacial score (nSPS) is 16.4. The highest BCUT2D eigenvalue weighted by Gasteiger charge is 2.11. The fourth-order valence-corrected chi connectivity index (χ4v) is 1.75. The maximum absolute atomic E-state index is 3.55. The van der Waals surface area contributed by atoms with Crippen LogP contribution in [0.5, 0.6) is 0 Å². The van der Waals surface area contributed by atoms with E-state index in [1.54, 1.807) is 0 Å². The molecule has 0 aromatic heterocycles. The van der Waals surface area contributed by atoms with Gasteiger partial charge in [0, 0.05) is 11.3 Å². The van der Waals surface area contributed by atoms with E-state index in [0.29, 0.717) is 6.04 Å². The molecule has 0 aliphatic carbocycles. The minimum atomic E-state index is 0.699. The molecule has 0 aromatic rings. The molecule has 2 atom stereocenters. The lowest BCUT2D eigenvalue weighted by atomic mass is 10.1. The van der Waals surface area contributed by atoms with E-state index in [0.717, 1.165) is 11.8 Å². The van der Waals surface area contributed by atoms with Crippen molar-refractivity contribution in [3.05, 3.63) is 0 Å². The Morgan fingerprint density at radius 3 is 2.36 bits per heavy atom. The van der Waals surface area contributed by atoms with Crippen LogP contribution in [0.4, 0.5) is 0 Å². The summed E-state index contributed by atoms with van der Waals surface area (Å²) in [4.78, 5) is 0. The SMILES string of the molecule is CCCNC(CC)C(C)SC. The van der Waals surface area contributed by atoms with Gasteiger partial charge in [-0.3, -0.25) is 0 Å². The van der Waals surface area contributed by atoms with Gasteiger partial charge in [0.15, 0.2) is 0 Å². The van der Waals surface area contributed by atoms with E-state index in [2.05, 4.69) is 32.3 Å². The molecule has 0 bridgehead atoms. The van der Waals surface area contributed by atoms with E-state index >= 15 is 0 Å². The second-order valence-corrected chi connectivity index (χ2v) is 4.12. The van der Waals surface area contributed by atoms with Crippen LogP contribution in [-0.2, 0) is 0 Å². The van der Waals surface area contributed by atoms with Crippen LogP contribution in [0.2, 0.25) is 0 Å². The molecule has 0 saturated heterocycles. The molecule has 0 rings (SSSR count). The summed E-state index contributed by atoms with van der Waals surface area (Å²) in [5.41, 5.74) is 0. The quantitative estimate of drug-likeness (QED) is 0.666. The van der Waals surface area contributed by atoms with Gasteiger partial charge in [-0.2, -0.15) is 11.8 Å². The molecule has 11 heavy (non-hydrogen) atoms. The summed E-state index contributed by atoms with van der Waals surface area (Å²) in [5.74, 6) is 0. The summed E-state index contributed by atoms with van der Waals surface area (Å²) in [6.07, 6.45) is 4.65. The molecule has 0 aliphatic heterocycles. The average Bonchev–Trinajstić information content (AvgIpc) is 2.05. The maximum atomic E-state index is 3.55. The van der Waals surface area contributed by atoms with E-state index in [1.165, 1.54) is 12.8 Å². The topological polar surface area (TPSA) is 12.0 Å². The van der Waals surface area contributed by atoms with Gasteiger partial charge in [0.2, 0.25) is 0 Å². The minimum absolute atomic E-state index is 0.699. The number of hydrogen-bond donors (Lipinski definition) is 1. The van der Waals surface area contributed by atoms with Crippen molar-refractivity contribution in [2.24, 2.45) is 0 Å². The Balaban J connectivity index is 3.56. The van der Waals surface area contributed by atoms with Gasteiger partial charge in [-0.25, -0.2) is 0 Å². The third-order valence-electron chi connectivity index (χ3n) is 2.03. The Morgan fingerprint density at radius 2 is 2.00 bits per heavy atom. The van der Waals surface area contributed by atoms with E-state index in [9.17, 15) is 0 Å². The summed E-state index contributed by atoms with van der Waals surface area (Å²) >= 11 is 1.95. The molecular formula is C9H21NS. The largest absolute Gasteiger partial charge is 0.313 e. The van der Waals surface area contributed by atoms with Crippen LogP contribution in [0.3, 0.4) is 0 Å². The van der Waals surface area contributed by atoms with Crippen LogP contribution in [0, 0.1) is 0 Å². The Kier molecular flexibility index (Phi) is 7.18. The molecule has 0 aliphatic rings. The van der Waals surface area contributed by atoms with Crippen molar-refractivity contribution in [3.8, 4) is 0 Å². The second-order valence-electron chi connectivity index (χ2n) is 2.91. The first kappa shape index (κ1) is 11.3. The number of nitrogens with one attached hydrogen (secondary N) is 1. The van der Waals surface area contributed by atoms with Gasteiger partial charge in [0.25, 0.3) is 0 Å². The van der Waals surface area contributed by atoms with Gasteiger partial charge in [0.1, 0.15) is 0 Å². The van der Waals surface area contributed by atoms with Crippen LogP contribution >= 0.6 is 11.8 Å². The molecule has 0 heterocycles. The number of rotatable bonds is 6. The molecule has 2 heteroatoms. The highest BCUT2D eigenvalue weighted by atomic mass is 32.2. The third kappa shape index (κ3) is 4.70. The summed E-state index contributed by atoms with van der Waals surface area (Å²) in [6, 6.07) is 0.699. The summed E-state index contributed by atoms with van der Waals surface area (Å²) < 4.78 is 0. The molecule has 1 N–H and O–H groups in total. The fraction of sp³-hybridized carbons (Fsp3) is 1.00.